The van der Waals surface area contributed by atoms with Gasteiger partial charge in [0, 0.05) is 5.92 Å². The fraction of sp³-hybridized carbons (Fsp3) is 1.00. The smallest absolute Gasteiger partial charge is 0.223 e. The number of hydrogen-bond donors (Lipinski definition) is 5. The number of halogens is 1. The zero-order valence-electron chi connectivity index (χ0n) is 7.38. The molecule has 1 aliphatic heterocycles. The Kier molecular flexibility index (Phi) is 3.70. The highest BCUT2D eigenvalue weighted by molar-refractivity contribution is 6.22. The van der Waals surface area contributed by atoms with Gasteiger partial charge in [-0.2, -0.15) is 0 Å². The summed E-state index contributed by atoms with van der Waals surface area (Å²) in [7, 11) is 0. The van der Waals surface area contributed by atoms with Gasteiger partial charge < -0.3 is 25.2 Å². The fourth-order valence-corrected chi connectivity index (χ4v) is 1.47. The van der Waals surface area contributed by atoms with Gasteiger partial charge in [0.1, 0.15) is 12.2 Å². The molecule has 0 aromatic heterocycles. The van der Waals surface area contributed by atoms with E-state index in [9.17, 15) is 15.3 Å². The quantitative estimate of drug-likeness (QED) is 0.251. The van der Waals surface area contributed by atoms with E-state index < -0.39 is 36.0 Å². The Labute approximate surface area is 85.9 Å². The van der Waals surface area contributed by atoms with Crippen LogP contribution < -0.4 is 5.73 Å². The topological polar surface area (TPSA) is 116 Å². The Morgan fingerprint density at radius 1 is 1.36 bits per heavy atom. The van der Waals surface area contributed by atoms with Crippen LogP contribution in [-0.4, -0.2) is 57.1 Å². The van der Waals surface area contributed by atoms with Crippen LogP contribution in [0.5, 0.6) is 0 Å². The summed E-state index contributed by atoms with van der Waals surface area (Å²) in [5.74, 6) is -0.719. The summed E-state index contributed by atoms with van der Waals surface area (Å²) in [5, 5.41) is 35.2. The van der Waals surface area contributed by atoms with Gasteiger partial charge in [-0.15, -0.1) is 0 Å². The Bertz CT molecular complexity index is 203. The summed E-state index contributed by atoms with van der Waals surface area (Å²) in [4.78, 5) is 0. The molecule has 0 amide bonds. The number of ether oxygens (including phenoxy) is 1. The first-order valence-corrected chi connectivity index (χ1v) is 4.54. The summed E-state index contributed by atoms with van der Waals surface area (Å²) in [6, 6.07) is 0. The van der Waals surface area contributed by atoms with E-state index in [4.69, 9.17) is 27.2 Å². The van der Waals surface area contributed by atoms with E-state index >= 15 is 0 Å². The van der Waals surface area contributed by atoms with Crippen molar-refractivity contribution < 1.29 is 25.2 Å². The summed E-state index contributed by atoms with van der Waals surface area (Å²) in [5.41, 5.74) is 5.33. The third-order valence-corrected chi connectivity index (χ3v) is 2.65. The van der Waals surface area contributed by atoms with Gasteiger partial charge >= 0.3 is 0 Å². The van der Waals surface area contributed by atoms with Crippen LogP contribution in [0.25, 0.3) is 0 Å². The Hall–Kier alpha value is 0.0500. The van der Waals surface area contributed by atoms with Crippen LogP contribution in [0.4, 0.5) is 0 Å². The Morgan fingerprint density at radius 2 is 1.93 bits per heavy atom. The number of alkyl halides is 1. The molecular weight excluding hydrogens is 214 g/mol. The average molecular weight is 228 g/mol. The van der Waals surface area contributed by atoms with Crippen molar-refractivity contribution in [2.24, 2.45) is 11.7 Å². The van der Waals surface area contributed by atoms with Crippen molar-refractivity contribution in [1.29, 1.82) is 0 Å². The average Bonchev–Trinajstić information content (AvgIpc) is 2.20. The predicted molar refractivity (Wildman–Crippen MR) is 47.3 cm³/mol. The molecule has 5 atom stereocenters. The summed E-state index contributed by atoms with van der Waals surface area (Å²) >= 11 is 5.56. The maximum Gasteiger partial charge on any atom is 0.223 e. The van der Waals surface area contributed by atoms with E-state index in [2.05, 4.69) is 0 Å². The third kappa shape index (κ3) is 2.17. The normalized spacial score (nSPS) is 50.1. The molecule has 5 unspecified atom stereocenters. The molecule has 0 aromatic carbocycles. The molecule has 1 fully saturated rings. The van der Waals surface area contributed by atoms with Crippen molar-refractivity contribution >= 4 is 11.6 Å². The maximum absolute atomic E-state index is 9.46. The van der Waals surface area contributed by atoms with E-state index in [1.54, 1.807) is 0 Å². The lowest BCUT2D eigenvalue weighted by Gasteiger charge is -2.28. The first-order chi connectivity index (χ1) is 6.40. The lowest BCUT2D eigenvalue weighted by molar-refractivity contribution is -0.110. The lowest BCUT2D eigenvalue weighted by Crippen LogP contribution is -2.54. The van der Waals surface area contributed by atoms with E-state index in [0.717, 1.165) is 0 Å². The van der Waals surface area contributed by atoms with Crippen LogP contribution in [0.2, 0.25) is 0 Å². The maximum atomic E-state index is 9.46. The van der Waals surface area contributed by atoms with Crippen LogP contribution in [0.3, 0.4) is 0 Å². The summed E-state index contributed by atoms with van der Waals surface area (Å²) in [6.07, 6.45) is -4.48. The van der Waals surface area contributed by atoms with Crippen LogP contribution in [0.15, 0.2) is 0 Å². The van der Waals surface area contributed by atoms with Gasteiger partial charge in [0.2, 0.25) is 5.18 Å². The Morgan fingerprint density at radius 3 is 2.43 bits per heavy atom. The zero-order valence-corrected chi connectivity index (χ0v) is 8.13. The molecule has 1 saturated heterocycles. The van der Waals surface area contributed by atoms with Gasteiger partial charge in [-0.05, 0) is 0 Å². The fourth-order valence-electron chi connectivity index (χ4n) is 1.28. The van der Waals surface area contributed by atoms with Crippen molar-refractivity contribution in [2.45, 2.75) is 23.5 Å². The van der Waals surface area contributed by atoms with Gasteiger partial charge in [0.15, 0.2) is 0 Å². The van der Waals surface area contributed by atoms with Crippen LogP contribution >= 0.6 is 11.6 Å². The van der Waals surface area contributed by atoms with E-state index in [0.29, 0.717) is 0 Å². The monoisotopic (exact) mass is 227 g/mol. The lowest BCUT2D eigenvalue weighted by atomic mass is 9.97. The van der Waals surface area contributed by atoms with Crippen LogP contribution in [-0.2, 0) is 4.74 Å². The first kappa shape index (κ1) is 12.1. The van der Waals surface area contributed by atoms with Crippen molar-refractivity contribution in [3.05, 3.63) is 0 Å². The largest absolute Gasteiger partial charge is 0.396 e. The van der Waals surface area contributed by atoms with E-state index in [1.807, 2.05) is 0 Å². The number of hydrogen-bond acceptors (Lipinski definition) is 6. The predicted octanol–water partition coefficient (Wildman–Crippen LogP) is -2.44. The van der Waals surface area contributed by atoms with E-state index in [-0.39, 0.29) is 6.61 Å². The molecule has 0 radical (unpaired) electrons. The van der Waals surface area contributed by atoms with Crippen molar-refractivity contribution in [2.75, 3.05) is 13.2 Å². The highest BCUT2D eigenvalue weighted by atomic mass is 35.5. The molecular formula is C7H14ClNO5. The highest BCUT2D eigenvalue weighted by Crippen LogP contribution is 2.27. The molecule has 0 spiro atoms. The molecule has 1 aliphatic rings. The van der Waals surface area contributed by atoms with Gasteiger partial charge in [-0.3, -0.25) is 5.73 Å². The van der Waals surface area contributed by atoms with Crippen LogP contribution in [0.1, 0.15) is 0 Å². The number of aliphatic hydroxyl groups is 4. The minimum Gasteiger partial charge on any atom is -0.396 e. The first-order valence-electron chi connectivity index (χ1n) is 4.17. The van der Waals surface area contributed by atoms with Crippen molar-refractivity contribution in [1.82, 2.24) is 0 Å². The Balaban J connectivity index is 2.83. The number of aliphatic hydroxyl groups excluding tert-OH is 4. The standard InChI is InChI=1S/C7H14ClNO5/c8-7(9)6(13)5(12)4(11)3(1-10)2-14-7/h3-6,10-13H,1-2,9H2. The molecule has 1 heterocycles. The van der Waals surface area contributed by atoms with E-state index in [1.165, 1.54) is 0 Å². The summed E-state index contributed by atoms with van der Waals surface area (Å²) in [6.45, 7) is -0.524. The molecule has 7 heteroatoms. The molecule has 0 saturated carbocycles. The minimum atomic E-state index is -1.94. The van der Waals surface area contributed by atoms with Crippen molar-refractivity contribution in [3.8, 4) is 0 Å². The third-order valence-electron chi connectivity index (χ3n) is 2.31. The molecule has 14 heavy (non-hydrogen) atoms. The van der Waals surface area contributed by atoms with Gasteiger partial charge in [-0.1, -0.05) is 11.6 Å². The summed E-state index contributed by atoms with van der Waals surface area (Å²) < 4.78 is 4.86. The van der Waals surface area contributed by atoms with Crippen LogP contribution in [0, 0.1) is 5.92 Å². The molecule has 84 valence electrons. The molecule has 6 nitrogen and oxygen atoms in total. The molecule has 6 N–H and O–H groups in total. The second-order valence-corrected chi connectivity index (χ2v) is 3.97. The minimum absolute atomic E-state index is 0.133. The zero-order chi connectivity index (χ0) is 10.9. The molecule has 0 bridgehead atoms. The van der Waals surface area contributed by atoms with Gasteiger partial charge in [-0.25, -0.2) is 0 Å². The molecule has 1 rings (SSSR count). The number of nitrogens with two attached hydrogens (primary N) is 1. The molecule has 0 aliphatic carbocycles. The molecule has 0 aromatic rings. The SMILES string of the molecule is NC1(Cl)OCC(CO)C(O)C(O)C1O. The van der Waals surface area contributed by atoms with Crippen molar-refractivity contribution in [3.63, 3.8) is 0 Å². The highest BCUT2D eigenvalue weighted by Gasteiger charge is 2.46. The number of rotatable bonds is 1. The van der Waals surface area contributed by atoms with Gasteiger partial charge in [0.25, 0.3) is 0 Å². The second-order valence-electron chi connectivity index (χ2n) is 3.38. The van der Waals surface area contributed by atoms with Gasteiger partial charge in [0.05, 0.1) is 19.3 Å². The second kappa shape index (κ2) is 4.28.